The Hall–Kier alpha value is -0.340. The molecule has 19 heavy (non-hydrogen) atoms. The van der Waals surface area contributed by atoms with Crippen molar-refractivity contribution < 1.29 is 9.47 Å². The van der Waals surface area contributed by atoms with Gasteiger partial charge in [0.15, 0.2) is 0 Å². The van der Waals surface area contributed by atoms with Gasteiger partial charge in [-0.25, -0.2) is 0 Å². The third-order valence-electron chi connectivity index (χ3n) is 4.39. The maximum Gasteiger partial charge on any atom is 0.0552 e. The average molecular weight is 270 g/mol. The van der Waals surface area contributed by atoms with Crippen molar-refractivity contribution in [3.63, 3.8) is 0 Å². The largest absolute Gasteiger partial charge is 0.384 e. The number of hydrogen-bond donors (Lipinski definition) is 0. The summed E-state index contributed by atoms with van der Waals surface area (Å²) in [7, 11) is 1.79. The summed E-state index contributed by atoms with van der Waals surface area (Å²) in [6.45, 7) is 15.3. The molecule has 2 nitrogen and oxygen atoms in total. The van der Waals surface area contributed by atoms with Gasteiger partial charge in [-0.2, -0.15) is 0 Å². The van der Waals surface area contributed by atoms with E-state index in [1.165, 1.54) is 19.3 Å². The predicted molar refractivity (Wildman–Crippen MR) is 83.5 cm³/mol. The summed E-state index contributed by atoms with van der Waals surface area (Å²) < 4.78 is 11.5. The number of rotatable bonds is 12. The highest BCUT2D eigenvalue weighted by atomic mass is 16.5. The molecule has 2 heteroatoms. The van der Waals surface area contributed by atoms with Crippen LogP contribution in [-0.2, 0) is 9.47 Å². The molecule has 0 spiro atoms. The van der Waals surface area contributed by atoms with Crippen molar-refractivity contribution in [1.29, 1.82) is 0 Å². The fourth-order valence-electron chi connectivity index (χ4n) is 2.77. The summed E-state index contributed by atoms with van der Waals surface area (Å²) in [5, 5.41) is 0. The molecule has 3 atom stereocenters. The summed E-state index contributed by atoms with van der Waals surface area (Å²) in [5.41, 5.74) is 0.0558. The Bertz CT molecular complexity index is 227. The van der Waals surface area contributed by atoms with E-state index in [9.17, 15) is 0 Å². The van der Waals surface area contributed by atoms with E-state index in [-0.39, 0.29) is 5.41 Å². The number of allylic oxidation sites excluding steroid dienone is 1. The van der Waals surface area contributed by atoms with E-state index in [4.69, 9.17) is 9.47 Å². The number of hydrogen-bond acceptors (Lipinski definition) is 2. The average Bonchev–Trinajstić information content (AvgIpc) is 2.41. The first-order chi connectivity index (χ1) is 9.08. The van der Waals surface area contributed by atoms with Crippen molar-refractivity contribution >= 4 is 0 Å². The number of methoxy groups -OCH3 is 1. The zero-order chi connectivity index (χ0) is 14.7. The van der Waals surface area contributed by atoms with E-state index in [1.807, 2.05) is 6.08 Å². The highest BCUT2D eigenvalue weighted by Gasteiger charge is 2.40. The number of ether oxygens (including phenoxy) is 2. The fourth-order valence-corrected chi connectivity index (χ4v) is 2.77. The van der Waals surface area contributed by atoms with Gasteiger partial charge in [0.2, 0.25) is 0 Å². The van der Waals surface area contributed by atoms with Crippen LogP contribution < -0.4 is 0 Å². The summed E-state index contributed by atoms with van der Waals surface area (Å²) >= 11 is 0. The van der Waals surface area contributed by atoms with Gasteiger partial charge in [-0.3, -0.25) is 0 Å². The Kier molecular flexibility index (Phi) is 10.3. The summed E-state index contributed by atoms with van der Waals surface area (Å²) in [5.74, 6) is 0.975. The topological polar surface area (TPSA) is 18.5 Å². The van der Waals surface area contributed by atoms with Crippen LogP contribution in [0, 0.1) is 17.3 Å². The van der Waals surface area contributed by atoms with Gasteiger partial charge < -0.3 is 9.47 Å². The lowest BCUT2D eigenvalue weighted by Crippen LogP contribution is -2.43. The monoisotopic (exact) mass is 270 g/mol. The molecule has 0 fully saturated rings. The molecule has 0 aromatic heterocycles. The van der Waals surface area contributed by atoms with Crippen LogP contribution in [0.4, 0.5) is 0 Å². The van der Waals surface area contributed by atoms with E-state index in [0.29, 0.717) is 11.8 Å². The number of unbranched alkanes of at least 4 members (excludes halogenated alkanes) is 1. The van der Waals surface area contributed by atoms with Crippen molar-refractivity contribution in [2.75, 3.05) is 26.9 Å². The molecule has 0 rings (SSSR count). The van der Waals surface area contributed by atoms with E-state index >= 15 is 0 Å². The van der Waals surface area contributed by atoms with Gasteiger partial charge in [-0.15, -0.1) is 6.58 Å². The second-order valence-electron chi connectivity index (χ2n) is 5.79. The normalized spacial score (nSPS) is 17.7. The molecule has 0 aromatic carbocycles. The van der Waals surface area contributed by atoms with Crippen molar-refractivity contribution in [3.8, 4) is 0 Å². The molecule has 0 saturated carbocycles. The molecule has 0 aromatic rings. The fraction of sp³-hybridized carbons (Fsp3) is 0.882. The molecule has 0 bridgehead atoms. The maximum absolute atomic E-state index is 5.95. The van der Waals surface area contributed by atoms with Gasteiger partial charge in [-0.05, 0) is 18.3 Å². The van der Waals surface area contributed by atoms with Gasteiger partial charge in [0.25, 0.3) is 0 Å². The molecular weight excluding hydrogens is 236 g/mol. The van der Waals surface area contributed by atoms with Crippen molar-refractivity contribution in [2.45, 2.75) is 53.4 Å². The first kappa shape index (κ1) is 18.7. The molecule has 0 aliphatic rings. The quantitative estimate of drug-likeness (QED) is 0.378. The van der Waals surface area contributed by atoms with Crippen LogP contribution in [0.2, 0.25) is 0 Å². The lowest BCUT2D eigenvalue weighted by Gasteiger charge is -2.42. The summed E-state index contributed by atoms with van der Waals surface area (Å²) in [6, 6.07) is 0. The van der Waals surface area contributed by atoms with E-state index in [1.54, 1.807) is 7.11 Å². The summed E-state index contributed by atoms with van der Waals surface area (Å²) in [4.78, 5) is 0. The van der Waals surface area contributed by atoms with Crippen LogP contribution in [0.15, 0.2) is 12.7 Å². The zero-order valence-electron chi connectivity index (χ0n) is 13.7. The molecule has 0 radical (unpaired) electrons. The third kappa shape index (κ3) is 5.66. The summed E-state index contributed by atoms with van der Waals surface area (Å²) in [6.07, 6.45) is 6.77. The second-order valence-corrected chi connectivity index (χ2v) is 5.79. The van der Waals surface area contributed by atoms with Crippen LogP contribution >= 0.6 is 0 Å². The Morgan fingerprint density at radius 3 is 2.32 bits per heavy atom. The molecule has 0 heterocycles. The first-order valence-electron chi connectivity index (χ1n) is 7.78. The zero-order valence-corrected chi connectivity index (χ0v) is 13.7. The van der Waals surface area contributed by atoms with Gasteiger partial charge in [0, 0.05) is 19.1 Å². The lowest BCUT2D eigenvalue weighted by molar-refractivity contribution is -0.0641. The van der Waals surface area contributed by atoms with Gasteiger partial charge >= 0.3 is 0 Å². The van der Waals surface area contributed by atoms with Crippen molar-refractivity contribution in [3.05, 3.63) is 12.7 Å². The Morgan fingerprint density at radius 1 is 1.16 bits per heavy atom. The lowest BCUT2D eigenvalue weighted by atomic mass is 9.67. The first-order valence-corrected chi connectivity index (χ1v) is 7.78. The molecular formula is C17H34O2. The van der Waals surface area contributed by atoms with Gasteiger partial charge in [0.1, 0.15) is 0 Å². The Morgan fingerprint density at radius 2 is 1.84 bits per heavy atom. The van der Waals surface area contributed by atoms with E-state index < -0.39 is 0 Å². The predicted octanol–water partition coefficient (Wildman–Crippen LogP) is 4.69. The SMILES string of the molecule is C=CC(C)C(COC)(COCCCC)C(C)CCC. The minimum Gasteiger partial charge on any atom is -0.384 e. The molecule has 0 N–H and O–H groups in total. The maximum atomic E-state index is 5.95. The van der Waals surface area contributed by atoms with E-state index in [0.717, 1.165) is 26.2 Å². The molecule has 0 amide bonds. The van der Waals surface area contributed by atoms with Crippen molar-refractivity contribution in [1.82, 2.24) is 0 Å². The minimum absolute atomic E-state index is 0.0558. The smallest absolute Gasteiger partial charge is 0.0552 e. The molecule has 0 aliphatic heterocycles. The molecule has 0 saturated heterocycles. The molecule has 0 aliphatic carbocycles. The molecule has 3 unspecified atom stereocenters. The van der Waals surface area contributed by atoms with Crippen LogP contribution in [0.1, 0.15) is 53.4 Å². The minimum atomic E-state index is 0.0558. The van der Waals surface area contributed by atoms with Crippen molar-refractivity contribution in [2.24, 2.45) is 17.3 Å². The highest BCUT2D eigenvalue weighted by Crippen LogP contribution is 2.40. The van der Waals surface area contributed by atoms with Crippen LogP contribution in [0.5, 0.6) is 0 Å². The van der Waals surface area contributed by atoms with E-state index in [2.05, 4.69) is 34.3 Å². The van der Waals surface area contributed by atoms with Crippen LogP contribution in [-0.4, -0.2) is 26.9 Å². The highest BCUT2D eigenvalue weighted by molar-refractivity contribution is 4.96. The Balaban J connectivity index is 4.85. The second kappa shape index (κ2) is 10.4. The van der Waals surface area contributed by atoms with Gasteiger partial charge in [-0.1, -0.05) is 53.0 Å². The third-order valence-corrected chi connectivity index (χ3v) is 4.39. The molecule has 114 valence electrons. The van der Waals surface area contributed by atoms with Crippen LogP contribution in [0.25, 0.3) is 0 Å². The standard InChI is InChI=1S/C17H34O2/c1-7-10-12-19-14-17(13-18-6,15(4)9-3)16(5)11-8-2/h9,15-16H,3,7-8,10-14H2,1-2,4-6H3. The van der Waals surface area contributed by atoms with Gasteiger partial charge in [0.05, 0.1) is 13.2 Å². The van der Waals surface area contributed by atoms with Crippen LogP contribution in [0.3, 0.4) is 0 Å². The Labute approximate surface area is 120 Å².